The molecular formula is C34H66N6O9. The molecule has 1 amide bonds. The van der Waals surface area contributed by atoms with Gasteiger partial charge in [0.15, 0.2) is 0 Å². The van der Waals surface area contributed by atoms with Crippen LogP contribution in [0.5, 0.6) is 0 Å². The van der Waals surface area contributed by atoms with Crippen molar-refractivity contribution in [3.05, 3.63) is 0 Å². The first kappa shape index (κ1) is 44.6. The van der Waals surface area contributed by atoms with Gasteiger partial charge in [-0.1, -0.05) is 0 Å². The Morgan fingerprint density at radius 2 is 0.816 bits per heavy atom. The summed E-state index contributed by atoms with van der Waals surface area (Å²) in [5.41, 5.74) is 3.52. The summed E-state index contributed by atoms with van der Waals surface area (Å²) >= 11 is 0. The maximum atomic E-state index is 13.0. The molecular weight excluding hydrogens is 636 g/mol. The Morgan fingerprint density at radius 1 is 0.510 bits per heavy atom. The summed E-state index contributed by atoms with van der Waals surface area (Å²) in [6.07, 6.45) is 0. The average molecular weight is 703 g/mol. The van der Waals surface area contributed by atoms with Gasteiger partial charge in [-0.25, -0.2) is 0 Å². The van der Waals surface area contributed by atoms with Crippen LogP contribution in [-0.4, -0.2) is 178 Å². The lowest BCUT2D eigenvalue weighted by atomic mass is 10.2. The van der Waals surface area contributed by atoms with Crippen molar-refractivity contribution >= 4 is 23.8 Å². The van der Waals surface area contributed by atoms with Gasteiger partial charge in [0.2, 0.25) is 5.91 Å². The second-order valence-electron chi connectivity index (χ2n) is 15.2. The Hall–Kier alpha value is -2.40. The summed E-state index contributed by atoms with van der Waals surface area (Å²) < 4.78 is 27.6. The maximum Gasteiger partial charge on any atom is 0.320 e. The van der Waals surface area contributed by atoms with E-state index in [-0.39, 0.29) is 50.0 Å². The highest BCUT2D eigenvalue weighted by molar-refractivity contribution is 5.78. The highest BCUT2D eigenvalue weighted by Crippen LogP contribution is 2.11. The van der Waals surface area contributed by atoms with Crippen LogP contribution in [-0.2, 0) is 42.9 Å². The van der Waals surface area contributed by atoms with Gasteiger partial charge in [0, 0.05) is 65.4 Å². The van der Waals surface area contributed by atoms with E-state index in [4.69, 9.17) is 29.4 Å². The van der Waals surface area contributed by atoms with E-state index < -0.39 is 16.8 Å². The van der Waals surface area contributed by atoms with Crippen molar-refractivity contribution in [1.82, 2.24) is 24.9 Å². The minimum atomic E-state index is -0.630. The Bertz CT molecular complexity index is 948. The molecule has 0 spiro atoms. The van der Waals surface area contributed by atoms with Gasteiger partial charge in [-0.15, -0.1) is 0 Å². The Morgan fingerprint density at radius 3 is 1.12 bits per heavy atom. The van der Waals surface area contributed by atoms with Gasteiger partial charge in [-0.3, -0.25) is 38.8 Å². The molecule has 1 saturated heterocycles. The topological polar surface area (TPSA) is 165 Å². The Kier molecular flexibility index (Phi) is 20.4. The molecule has 0 unspecified atom stereocenters. The summed E-state index contributed by atoms with van der Waals surface area (Å²) in [6.45, 7) is 23.1. The van der Waals surface area contributed by atoms with E-state index >= 15 is 0 Å². The predicted octanol–water partition coefficient (Wildman–Crippen LogP) is 0.341. The van der Waals surface area contributed by atoms with Gasteiger partial charge in [0.1, 0.15) is 16.8 Å². The van der Waals surface area contributed by atoms with E-state index in [1.54, 1.807) is 0 Å². The SMILES string of the molecule is CC(C)(C)OC(=O)CN1CCN(CC(=O)NCCOCCOCCN)CCN(CC(=O)OC(C)(C)C)CCN(CC(=O)OC(C)(C)C)CC1. The number of ether oxygens (including phenoxy) is 5. The Balaban J connectivity index is 3.08. The molecule has 0 aliphatic carbocycles. The van der Waals surface area contributed by atoms with Crippen LogP contribution in [0.15, 0.2) is 0 Å². The zero-order valence-electron chi connectivity index (χ0n) is 31.8. The van der Waals surface area contributed by atoms with Gasteiger partial charge >= 0.3 is 17.9 Å². The summed E-state index contributed by atoms with van der Waals surface area (Å²) in [5.74, 6) is -1.20. The highest BCUT2D eigenvalue weighted by Gasteiger charge is 2.26. The smallest absolute Gasteiger partial charge is 0.320 e. The largest absolute Gasteiger partial charge is 0.459 e. The maximum absolute atomic E-state index is 13.0. The molecule has 1 fully saturated rings. The van der Waals surface area contributed by atoms with Crippen LogP contribution in [0, 0.1) is 0 Å². The number of carbonyl (C=O) groups is 4. The van der Waals surface area contributed by atoms with Gasteiger partial charge in [-0.2, -0.15) is 0 Å². The first-order valence-corrected chi connectivity index (χ1v) is 17.4. The standard InChI is InChI=1S/C34H66N6O9/c1-32(2,3)47-29(42)25-38-14-12-37(24-28(41)36-11-21-46-23-22-45-20-10-35)13-15-39(26-30(43)48-33(4,5)6)17-19-40(18-16-38)27-31(44)49-34(7,8)9/h10-27,35H2,1-9H3,(H,36,41). The summed E-state index contributed by atoms with van der Waals surface area (Å²) in [4.78, 5) is 59.5. The molecule has 1 rings (SSSR count). The molecule has 0 aromatic carbocycles. The number of hydrogen-bond donors (Lipinski definition) is 2. The zero-order valence-corrected chi connectivity index (χ0v) is 31.8. The Labute approximate surface area is 294 Å². The third-order valence-corrected chi connectivity index (χ3v) is 6.82. The summed E-state index contributed by atoms with van der Waals surface area (Å²) in [7, 11) is 0. The molecule has 286 valence electrons. The van der Waals surface area contributed by atoms with Crippen molar-refractivity contribution in [3.8, 4) is 0 Å². The monoisotopic (exact) mass is 702 g/mol. The second kappa shape index (κ2) is 22.4. The van der Waals surface area contributed by atoms with Crippen LogP contribution >= 0.6 is 0 Å². The number of hydrogen-bond acceptors (Lipinski definition) is 14. The predicted molar refractivity (Wildman–Crippen MR) is 187 cm³/mol. The lowest BCUT2D eigenvalue weighted by Crippen LogP contribution is -2.50. The first-order valence-electron chi connectivity index (χ1n) is 17.4. The number of carbonyl (C=O) groups excluding carboxylic acids is 4. The van der Waals surface area contributed by atoms with E-state index in [9.17, 15) is 19.2 Å². The van der Waals surface area contributed by atoms with E-state index in [2.05, 4.69) is 5.32 Å². The highest BCUT2D eigenvalue weighted by atomic mass is 16.6. The van der Waals surface area contributed by atoms with Crippen LogP contribution < -0.4 is 11.1 Å². The van der Waals surface area contributed by atoms with E-state index in [0.717, 1.165) is 0 Å². The van der Waals surface area contributed by atoms with Crippen LogP contribution in [0.2, 0.25) is 0 Å². The number of nitrogens with zero attached hydrogens (tertiary/aromatic N) is 4. The molecule has 1 aliphatic heterocycles. The van der Waals surface area contributed by atoms with Crippen molar-refractivity contribution in [1.29, 1.82) is 0 Å². The van der Waals surface area contributed by atoms with E-state index in [0.29, 0.717) is 91.9 Å². The second-order valence-corrected chi connectivity index (χ2v) is 15.2. The first-order chi connectivity index (χ1) is 22.7. The number of nitrogens with two attached hydrogens (primary N) is 1. The number of amides is 1. The van der Waals surface area contributed by atoms with Crippen molar-refractivity contribution in [2.45, 2.75) is 79.1 Å². The van der Waals surface area contributed by atoms with Gasteiger partial charge < -0.3 is 34.7 Å². The summed E-state index contributed by atoms with van der Waals surface area (Å²) in [6, 6.07) is 0. The molecule has 0 radical (unpaired) electrons. The molecule has 15 nitrogen and oxygen atoms in total. The molecule has 0 aromatic rings. The molecule has 0 saturated carbocycles. The van der Waals surface area contributed by atoms with Crippen molar-refractivity contribution in [2.24, 2.45) is 5.73 Å². The molecule has 0 bridgehead atoms. The molecule has 3 N–H and O–H groups in total. The molecule has 1 heterocycles. The van der Waals surface area contributed by atoms with Crippen molar-refractivity contribution in [3.63, 3.8) is 0 Å². The third kappa shape index (κ3) is 25.2. The molecule has 1 aliphatic rings. The molecule has 15 heteroatoms. The van der Waals surface area contributed by atoms with Crippen LogP contribution in [0.25, 0.3) is 0 Å². The van der Waals surface area contributed by atoms with Crippen molar-refractivity contribution < 1.29 is 42.9 Å². The van der Waals surface area contributed by atoms with Gasteiger partial charge in [0.25, 0.3) is 0 Å². The third-order valence-electron chi connectivity index (χ3n) is 6.82. The van der Waals surface area contributed by atoms with Gasteiger partial charge in [-0.05, 0) is 62.3 Å². The van der Waals surface area contributed by atoms with Crippen molar-refractivity contribution in [2.75, 3.05) is 118 Å². The van der Waals surface area contributed by atoms with Crippen LogP contribution in [0.4, 0.5) is 0 Å². The number of rotatable bonds is 16. The molecule has 0 aromatic heterocycles. The van der Waals surface area contributed by atoms with E-state index in [1.807, 2.05) is 81.9 Å². The lowest BCUT2D eigenvalue weighted by molar-refractivity contribution is -0.158. The molecule has 49 heavy (non-hydrogen) atoms. The number of nitrogens with one attached hydrogen (secondary N) is 1. The zero-order chi connectivity index (χ0) is 37.1. The fourth-order valence-corrected chi connectivity index (χ4v) is 4.81. The molecule has 0 atom stereocenters. The minimum Gasteiger partial charge on any atom is -0.459 e. The number of esters is 3. The van der Waals surface area contributed by atoms with Crippen LogP contribution in [0.1, 0.15) is 62.3 Å². The average Bonchev–Trinajstić information content (AvgIpc) is 2.92. The van der Waals surface area contributed by atoms with Gasteiger partial charge in [0.05, 0.1) is 52.6 Å². The van der Waals surface area contributed by atoms with E-state index in [1.165, 1.54) is 0 Å². The fourth-order valence-electron chi connectivity index (χ4n) is 4.81. The normalized spacial score (nSPS) is 17.1. The lowest BCUT2D eigenvalue weighted by Gasteiger charge is -2.34. The quantitative estimate of drug-likeness (QED) is 0.129. The minimum absolute atomic E-state index is 0.0640. The fraction of sp³-hybridized carbons (Fsp3) is 0.882. The summed E-state index contributed by atoms with van der Waals surface area (Å²) in [5, 5.41) is 2.90. The van der Waals surface area contributed by atoms with Crippen LogP contribution in [0.3, 0.4) is 0 Å².